The van der Waals surface area contributed by atoms with Crippen LogP contribution in [0, 0.1) is 6.92 Å². The Morgan fingerprint density at radius 3 is 2.93 bits per heavy atom. The zero-order valence-electron chi connectivity index (χ0n) is 8.98. The van der Waals surface area contributed by atoms with E-state index in [2.05, 4.69) is 15.5 Å². The average molecular weight is 207 g/mol. The molecule has 1 aliphatic carbocycles. The molecular weight excluding hydrogens is 190 g/mol. The average Bonchev–Trinajstić information content (AvgIpc) is 2.22. The van der Waals surface area contributed by atoms with E-state index in [4.69, 9.17) is 0 Å². The van der Waals surface area contributed by atoms with Crippen molar-refractivity contribution in [3.63, 3.8) is 0 Å². The molecule has 0 aliphatic heterocycles. The molecule has 0 bridgehead atoms. The van der Waals surface area contributed by atoms with Crippen LogP contribution >= 0.6 is 0 Å². The Bertz CT molecular complexity index is 329. The van der Waals surface area contributed by atoms with Gasteiger partial charge in [0.1, 0.15) is 5.82 Å². The summed E-state index contributed by atoms with van der Waals surface area (Å²) in [6.45, 7) is 1.98. The summed E-state index contributed by atoms with van der Waals surface area (Å²) in [5.74, 6) is 0.765. The van der Waals surface area contributed by atoms with Gasteiger partial charge >= 0.3 is 0 Å². The number of rotatable bonds is 2. The molecule has 2 unspecified atom stereocenters. The van der Waals surface area contributed by atoms with E-state index in [9.17, 15) is 5.11 Å². The first kappa shape index (κ1) is 10.4. The van der Waals surface area contributed by atoms with Crippen LogP contribution < -0.4 is 5.32 Å². The molecule has 2 rings (SSSR count). The number of aromatic nitrogens is 2. The van der Waals surface area contributed by atoms with Crippen molar-refractivity contribution >= 4 is 5.82 Å². The monoisotopic (exact) mass is 207 g/mol. The Hall–Kier alpha value is -1.16. The van der Waals surface area contributed by atoms with Gasteiger partial charge in [-0.3, -0.25) is 0 Å². The fourth-order valence-electron chi connectivity index (χ4n) is 2.00. The van der Waals surface area contributed by atoms with Crippen molar-refractivity contribution in [2.24, 2.45) is 0 Å². The summed E-state index contributed by atoms with van der Waals surface area (Å²) in [6, 6.07) is 2.09. The second kappa shape index (κ2) is 4.57. The first-order valence-corrected chi connectivity index (χ1v) is 5.49. The van der Waals surface area contributed by atoms with E-state index in [1.165, 1.54) is 6.42 Å². The maximum atomic E-state index is 9.79. The number of anilines is 1. The molecule has 0 aromatic carbocycles. The Morgan fingerprint density at radius 2 is 2.20 bits per heavy atom. The van der Waals surface area contributed by atoms with Crippen LogP contribution in [0.3, 0.4) is 0 Å². The maximum absolute atomic E-state index is 9.79. The van der Waals surface area contributed by atoms with Gasteiger partial charge in [0.25, 0.3) is 0 Å². The molecule has 0 amide bonds. The van der Waals surface area contributed by atoms with Gasteiger partial charge in [-0.1, -0.05) is 12.8 Å². The lowest BCUT2D eigenvalue weighted by Gasteiger charge is -2.28. The minimum Gasteiger partial charge on any atom is -0.391 e. The van der Waals surface area contributed by atoms with E-state index in [-0.39, 0.29) is 12.1 Å². The zero-order valence-corrected chi connectivity index (χ0v) is 8.98. The van der Waals surface area contributed by atoms with Gasteiger partial charge in [0.15, 0.2) is 0 Å². The lowest BCUT2D eigenvalue weighted by atomic mass is 9.92. The van der Waals surface area contributed by atoms with Crippen LogP contribution in [-0.4, -0.2) is 27.4 Å². The van der Waals surface area contributed by atoms with Crippen LogP contribution in [0.15, 0.2) is 12.3 Å². The normalized spacial score (nSPS) is 26.3. The van der Waals surface area contributed by atoms with Gasteiger partial charge in [-0.15, -0.1) is 5.10 Å². The van der Waals surface area contributed by atoms with Gasteiger partial charge in [-0.2, -0.15) is 5.10 Å². The summed E-state index contributed by atoms with van der Waals surface area (Å²) >= 11 is 0. The lowest BCUT2D eigenvalue weighted by molar-refractivity contribution is 0.116. The Kier molecular flexibility index (Phi) is 3.16. The van der Waals surface area contributed by atoms with E-state index in [0.717, 1.165) is 30.6 Å². The molecule has 1 aromatic rings. The van der Waals surface area contributed by atoms with Gasteiger partial charge in [-0.05, 0) is 31.4 Å². The first-order valence-electron chi connectivity index (χ1n) is 5.49. The van der Waals surface area contributed by atoms with Crippen LogP contribution in [0.4, 0.5) is 5.82 Å². The van der Waals surface area contributed by atoms with E-state index < -0.39 is 0 Å². The van der Waals surface area contributed by atoms with E-state index in [1.807, 2.05) is 13.0 Å². The smallest absolute Gasteiger partial charge is 0.149 e. The Labute approximate surface area is 89.7 Å². The minimum absolute atomic E-state index is 0.134. The highest BCUT2D eigenvalue weighted by atomic mass is 16.3. The molecule has 2 N–H and O–H groups in total. The third kappa shape index (κ3) is 2.65. The molecule has 2 atom stereocenters. The van der Waals surface area contributed by atoms with Gasteiger partial charge in [0.2, 0.25) is 0 Å². The molecule has 4 nitrogen and oxygen atoms in total. The van der Waals surface area contributed by atoms with Crippen LogP contribution in [0.25, 0.3) is 0 Å². The molecular formula is C11H17N3O. The van der Waals surface area contributed by atoms with Gasteiger partial charge < -0.3 is 10.4 Å². The lowest BCUT2D eigenvalue weighted by Crippen LogP contribution is -2.36. The molecule has 1 aromatic heterocycles. The Morgan fingerprint density at radius 1 is 1.40 bits per heavy atom. The van der Waals surface area contributed by atoms with Gasteiger partial charge in [0.05, 0.1) is 18.3 Å². The third-order valence-corrected chi connectivity index (χ3v) is 2.85. The highest BCUT2D eigenvalue weighted by Gasteiger charge is 2.22. The third-order valence-electron chi connectivity index (χ3n) is 2.85. The molecule has 0 saturated heterocycles. The van der Waals surface area contributed by atoms with E-state index in [1.54, 1.807) is 6.20 Å². The van der Waals surface area contributed by atoms with Crippen molar-refractivity contribution in [3.8, 4) is 0 Å². The summed E-state index contributed by atoms with van der Waals surface area (Å²) in [5, 5.41) is 20.9. The second-order valence-electron chi connectivity index (χ2n) is 4.22. The van der Waals surface area contributed by atoms with Crippen molar-refractivity contribution in [2.45, 2.75) is 44.8 Å². The molecule has 82 valence electrons. The number of aliphatic hydroxyl groups excluding tert-OH is 1. The van der Waals surface area contributed by atoms with Crippen molar-refractivity contribution in [1.82, 2.24) is 10.2 Å². The quantitative estimate of drug-likeness (QED) is 0.771. The molecule has 1 saturated carbocycles. The first-order chi connectivity index (χ1) is 7.25. The highest BCUT2D eigenvalue weighted by molar-refractivity contribution is 5.36. The summed E-state index contributed by atoms with van der Waals surface area (Å²) < 4.78 is 0. The molecule has 0 spiro atoms. The summed E-state index contributed by atoms with van der Waals surface area (Å²) in [4.78, 5) is 0. The molecule has 1 fully saturated rings. The molecule has 4 heteroatoms. The predicted octanol–water partition coefficient (Wildman–Crippen LogP) is 1.50. The summed E-state index contributed by atoms with van der Waals surface area (Å²) in [6.07, 6.45) is 5.67. The maximum Gasteiger partial charge on any atom is 0.149 e. The largest absolute Gasteiger partial charge is 0.391 e. The highest BCUT2D eigenvalue weighted by Crippen LogP contribution is 2.21. The predicted molar refractivity (Wildman–Crippen MR) is 58.7 cm³/mol. The number of hydrogen-bond donors (Lipinski definition) is 2. The fourth-order valence-corrected chi connectivity index (χ4v) is 2.00. The van der Waals surface area contributed by atoms with Crippen molar-refractivity contribution in [2.75, 3.05) is 5.32 Å². The van der Waals surface area contributed by atoms with Gasteiger partial charge in [0, 0.05) is 0 Å². The second-order valence-corrected chi connectivity index (χ2v) is 4.22. The molecule has 1 aliphatic rings. The van der Waals surface area contributed by atoms with Crippen molar-refractivity contribution < 1.29 is 5.11 Å². The molecule has 1 heterocycles. The van der Waals surface area contributed by atoms with Crippen molar-refractivity contribution in [1.29, 1.82) is 0 Å². The Balaban J connectivity index is 2.01. The summed E-state index contributed by atoms with van der Waals surface area (Å²) in [7, 11) is 0. The number of hydrogen-bond acceptors (Lipinski definition) is 4. The van der Waals surface area contributed by atoms with Crippen LogP contribution in [0.5, 0.6) is 0 Å². The topological polar surface area (TPSA) is 58.0 Å². The number of nitrogens with one attached hydrogen (secondary N) is 1. The van der Waals surface area contributed by atoms with Crippen molar-refractivity contribution in [3.05, 3.63) is 17.8 Å². The molecule has 0 radical (unpaired) electrons. The summed E-state index contributed by atoms with van der Waals surface area (Å²) in [5.41, 5.74) is 1.08. The van der Waals surface area contributed by atoms with Crippen LogP contribution in [-0.2, 0) is 0 Å². The zero-order chi connectivity index (χ0) is 10.7. The SMILES string of the molecule is Cc1cnnc(NC2CCCCC2O)c1. The number of aryl methyl sites for hydroxylation is 1. The van der Waals surface area contributed by atoms with Gasteiger partial charge in [-0.25, -0.2) is 0 Å². The van der Waals surface area contributed by atoms with E-state index in [0.29, 0.717) is 0 Å². The minimum atomic E-state index is -0.249. The fraction of sp³-hybridized carbons (Fsp3) is 0.636. The van der Waals surface area contributed by atoms with Crippen LogP contribution in [0.2, 0.25) is 0 Å². The number of nitrogens with zero attached hydrogens (tertiary/aromatic N) is 2. The van der Waals surface area contributed by atoms with Crippen LogP contribution in [0.1, 0.15) is 31.2 Å². The van der Waals surface area contributed by atoms with E-state index >= 15 is 0 Å². The molecule has 15 heavy (non-hydrogen) atoms. The number of aliphatic hydroxyl groups is 1. The standard InChI is InChI=1S/C11H17N3O/c1-8-6-11(14-12-7-8)13-9-4-2-3-5-10(9)15/h6-7,9-10,15H,2-5H2,1H3,(H,13,14).